The zero-order valence-electron chi connectivity index (χ0n) is 12.7. The van der Waals surface area contributed by atoms with Crippen LogP contribution in [0.3, 0.4) is 0 Å². The number of carbonyl (C=O) groups is 2. The molecule has 10 aliphatic heterocycles. The molecule has 4 nitrogen and oxygen atoms in total. The van der Waals surface area contributed by atoms with Crippen LogP contribution in [-0.4, -0.2) is 25.7 Å². The Kier molecular flexibility index (Phi) is 0.528. The molecule has 10 heterocycles. The second-order valence-electron chi connectivity index (χ2n) is 11.5. The fraction of sp³-hybridized carbons (Fsp3) is 0.882. The first-order valence-electron chi connectivity index (χ1n) is 8.89. The van der Waals surface area contributed by atoms with E-state index in [0.29, 0.717) is 19.6 Å². The van der Waals surface area contributed by atoms with Gasteiger partial charge < -0.3 is 9.47 Å². The molecule has 5 heteroatoms. The van der Waals surface area contributed by atoms with E-state index < -0.39 is 12.5 Å². The molecule has 10 aliphatic rings. The maximum absolute atomic E-state index is 10.5. The molecule has 0 radical (unpaired) electrons. The number of hydrogen-bond acceptors (Lipinski definition) is 4. The van der Waals surface area contributed by atoms with Crippen LogP contribution in [0.4, 0.5) is 0 Å². The van der Waals surface area contributed by atoms with E-state index >= 15 is 0 Å². The van der Waals surface area contributed by atoms with Gasteiger partial charge in [0.15, 0.2) is 0 Å². The van der Waals surface area contributed by atoms with E-state index in [1.54, 1.807) is 48.2 Å². The van der Waals surface area contributed by atoms with Gasteiger partial charge in [-0.1, -0.05) is 0 Å². The zero-order chi connectivity index (χ0) is 14.6. The van der Waals surface area contributed by atoms with Crippen molar-refractivity contribution in [2.45, 2.75) is 67.9 Å². The van der Waals surface area contributed by atoms with Crippen molar-refractivity contribution < 1.29 is 25.6 Å². The number of esters is 1. The van der Waals surface area contributed by atoms with Crippen LogP contribution >= 0.6 is 0 Å². The topological polar surface area (TPSA) is 52.6 Å². The number of carbonyl (C=O) groups excluding carboxylic acids is 2. The second-order valence-corrected chi connectivity index (χ2v) is 35.4. The molecular weight excluding hydrogens is 324 g/mol. The van der Waals surface area contributed by atoms with Crippen LogP contribution in [0.25, 0.3) is 0 Å². The second kappa shape index (κ2) is 1.11. The standard InChI is InChI=1S/C7H12O4.2C5H5.Fe/c1-2-10-5-3-4-7(9)11-6-8;2*1-2-4-5-3-1;/h6H,2-5H2,1H3;2*1-5H;. The fourth-order valence-electron chi connectivity index (χ4n) is 16.4. The number of fused-ring (bicyclic) bond motifs is 10. The molecule has 0 aliphatic carbocycles. The van der Waals surface area contributed by atoms with Gasteiger partial charge in [-0.05, 0) is 13.3 Å². The molecule has 0 unspecified atom stereocenters. The van der Waals surface area contributed by atoms with E-state index in [4.69, 9.17) is 4.74 Å². The van der Waals surface area contributed by atoms with E-state index in [-0.39, 0.29) is 12.9 Å². The molecule has 122 valence electrons. The predicted molar refractivity (Wildman–Crippen MR) is 75.4 cm³/mol. The van der Waals surface area contributed by atoms with Crippen molar-refractivity contribution in [3.63, 3.8) is 0 Å². The van der Waals surface area contributed by atoms with Crippen molar-refractivity contribution in [3.05, 3.63) is 0 Å². The third-order valence-corrected chi connectivity index (χ3v) is 57.5. The summed E-state index contributed by atoms with van der Waals surface area (Å²) in [7, 11) is 0. The molecule has 0 atom stereocenters. The predicted octanol–water partition coefficient (Wildman–Crippen LogP) is 3.88. The summed E-state index contributed by atoms with van der Waals surface area (Å²) >= 11 is 0. The van der Waals surface area contributed by atoms with Crippen molar-refractivity contribution in [2.75, 3.05) is 13.2 Å². The van der Waals surface area contributed by atoms with Crippen LogP contribution in [0.1, 0.15) is 19.8 Å². The maximum atomic E-state index is 10.5. The number of ether oxygens (including phenoxy) is 2. The van der Waals surface area contributed by atoms with Crippen LogP contribution in [0.2, 0.25) is 48.2 Å². The Hall–Kier alpha value is -0.381. The van der Waals surface area contributed by atoms with Gasteiger partial charge >= 0.3 is 67.1 Å². The summed E-state index contributed by atoms with van der Waals surface area (Å²) in [6.45, 7) is 0.911. The van der Waals surface area contributed by atoms with Gasteiger partial charge in [-0.15, -0.1) is 0 Å². The Balaban J connectivity index is 0.0000000818. The molecule has 10 saturated heterocycles. The first-order valence-corrected chi connectivity index (χ1v) is 15.3. The van der Waals surface area contributed by atoms with Gasteiger partial charge in [0, 0.05) is 19.6 Å². The third-order valence-electron chi connectivity index (χ3n) is 15.6. The molecule has 0 saturated carbocycles. The van der Waals surface area contributed by atoms with Crippen LogP contribution in [0.5, 0.6) is 0 Å². The monoisotopic (exact) mass is 346 g/mol. The molecule has 10 fully saturated rings. The van der Waals surface area contributed by atoms with Gasteiger partial charge in [-0.2, -0.15) is 0 Å². The molecule has 0 bridgehead atoms. The summed E-state index contributed by atoms with van der Waals surface area (Å²) in [6.07, 6.45) is 0.833. The average Bonchev–Trinajstić information content (AvgIpc) is 3.46. The van der Waals surface area contributed by atoms with Crippen molar-refractivity contribution in [1.82, 2.24) is 0 Å². The molecule has 0 amide bonds. The summed E-state index contributed by atoms with van der Waals surface area (Å²) in [6, 6.07) is 0. The summed E-state index contributed by atoms with van der Waals surface area (Å²) in [5.41, 5.74) is 0. The summed E-state index contributed by atoms with van der Waals surface area (Å²) in [4.78, 5) is 36.0. The molecule has 10 rings (SSSR count). The van der Waals surface area contributed by atoms with E-state index in [0.717, 1.165) is 0 Å². The van der Waals surface area contributed by atoms with Gasteiger partial charge in [-0.25, -0.2) is 0 Å². The van der Waals surface area contributed by atoms with Crippen molar-refractivity contribution in [3.8, 4) is 0 Å². The van der Waals surface area contributed by atoms with Crippen LogP contribution in [0, 0.1) is 0 Å². The average molecular weight is 346 g/mol. The summed E-state index contributed by atoms with van der Waals surface area (Å²) < 4.78 is 9.01. The van der Waals surface area contributed by atoms with E-state index in [1.165, 1.54) is 0 Å². The molecule has 0 aromatic carbocycles. The van der Waals surface area contributed by atoms with Crippen molar-refractivity contribution in [2.24, 2.45) is 0 Å². The quantitative estimate of drug-likeness (QED) is 0.241. The first-order chi connectivity index (χ1) is 10.5. The molecular formula is C17H22FeO4. The minimum absolute atomic E-state index is 0.142. The number of hydrogen-bond donors (Lipinski definition) is 0. The normalized spacial score (nSPS) is 90.0. The molecule has 1 spiro atoms. The Labute approximate surface area is 119 Å². The SMILES string of the molecule is CCOCCCC(=O)OC=O.[CH]12[CH]3[CH]4[CH]5[CH]1[Fe]23451678[CH]2[CH]1[CH]6[CH]7[CH]28. The van der Waals surface area contributed by atoms with E-state index in [9.17, 15) is 9.59 Å². The Bertz CT molecular complexity index is 816. The molecule has 0 N–H and O–H groups in total. The van der Waals surface area contributed by atoms with Gasteiger partial charge in [0.1, 0.15) is 0 Å². The third kappa shape index (κ3) is 0.156. The summed E-state index contributed by atoms with van der Waals surface area (Å²) in [5, 5.41) is 0. The number of rotatable bonds is 6. The van der Waals surface area contributed by atoms with Gasteiger partial charge in [-0.3, -0.25) is 9.59 Å². The van der Waals surface area contributed by atoms with Crippen LogP contribution < -0.4 is 0 Å². The first kappa shape index (κ1) is 10.5. The van der Waals surface area contributed by atoms with Gasteiger partial charge in [0.25, 0.3) is 0 Å². The van der Waals surface area contributed by atoms with Crippen molar-refractivity contribution >= 4 is 12.4 Å². The van der Waals surface area contributed by atoms with E-state index in [1.807, 2.05) is 6.92 Å². The molecule has 0 aromatic heterocycles. The van der Waals surface area contributed by atoms with E-state index in [2.05, 4.69) is 4.74 Å². The van der Waals surface area contributed by atoms with Crippen LogP contribution in [0.15, 0.2) is 0 Å². The summed E-state index contributed by atoms with van der Waals surface area (Å²) in [5.74, 6) is -0.500. The Morgan fingerprint density at radius 3 is 1.68 bits per heavy atom. The fourth-order valence-corrected chi connectivity index (χ4v) is 88.6. The molecule has 0 aromatic rings. The molecule has 22 heavy (non-hydrogen) atoms. The van der Waals surface area contributed by atoms with Crippen molar-refractivity contribution in [1.29, 1.82) is 0 Å². The zero-order valence-corrected chi connectivity index (χ0v) is 13.8. The minimum atomic E-state index is -2.28. The Morgan fingerprint density at radius 1 is 0.955 bits per heavy atom. The van der Waals surface area contributed by atoms with Gasteiger partial charge in [0.05, 0.1) is 0 Å². The Morgan fingerprint density at radius 2 is 1.41 bits per heavy atom. The van der Waals surface area contributed by atoms with Gasteiger partial charge in [0.2, 0.25) is 0 Å². The van der Waals surface area contributed by atoms with Crippen LogP contribution in [-0.2, 0) is 25.6 Å².